The maximum atomic E-state index is 12.2. The zero-order valence-electron chi connectivity index (χ0n) is 9.81. The summed E-state index contributed by atoms with van der Waals surface area (Å²) in [6, 6.07) is 9.68. The molecule has 92 valence electrons. The van der Waals surface area contributed by atoms with Crippen LogP contribution in [0.4, 0.5) is 0 Å². The van der Waals surface area contributed by atoms with Gasteiger partial charge >= 0.3 is 0 Å². The summed E-state index contributed by atoms with van der Waals surface area (Å²) in [7, 11) is 1.68. The van der Waals surface area contributed by atoms with Crippen molar-refractivity contribution in [2.45, 2.75) is 6.42 Å². The van der Waals surface area contributed by atoms with E-state index in [9.17, 15) is 4.79 Å². The Morgan fingerprint density at radius 1 is 1.50 bits per heavy atom. The molecule has 1 aromatic carbocycles. The van der Waals surface area contributed by atoms with Crippen molar-refractivity contribution in [1.82, 2.24) is 4.90 Å². The number of nitrogens with zero attached hydrogens (tertiary/aromatic N) is 2. The first-order chi connectivity index (χ1) is 8.65. The third-order valence-electron chi connectivity index (χ3n) is 2.63. The first-order valence-corrected chi connectivity index (χ1v) is 6.64. The number of rotatable bonds is 3. The second kappa shape index (κ2) is 5.38. The molecule has 0 spiro atoms. The summed E-state index contributed by atoms with van der Waals surface area (Å²) in [6.45, 7) is 0.417. The number of thiophene rings is 1. The SMILES string of the molecule is CN(CCC#N)C(=O)c1sc2ccccc2c1Cl. The predicted octanol–water partition coefficient (Wildman–Crippen LogP) is 3.54. The van der Waals surface area contributed by atoms with Crippen LogP contribution in [0.2, 0.25) is 5.02 Å². The van der Waals surface area contributed by atoms with Crippen LogP contribution in [0.3, 0.4) is 0 Å². The standard InChI is InChI=1S/C13H11ClN2OS/c1-16(8-4-7-15)13(17)12-11(14)9-5-2-3-6-10(9)18-12/h2-3,5-6H,4,8H2,1H3. The van der Waals surface area contributed by atoms with Gasteiger partial charge in [-0.15, -0.1) is 11.3 Å². The summed E-state index contributed by atoms with van der Waals surface area (Å²) in [5.74, 6) is -0.128. The zero-order chi connectivity index (χ0) is 13.1. The van der Waals surface area contributed by atoms with Gasteiger partial charge in [-0.2, -0.15) is 5.26 Å². The van der Waals surface area contributed by atoms with Gasteiger partial charge in [-0.1, -0.05) is 29.8 Å². The second-order valence-corrected chi connectivity index (χ2v) is 5.31. The molecule has 1 aromatic heterocycles. The van der Waals surface area contributed by atoms with E-state index in [1.54, 1.807) is 7.05 Å². The highest BCUT2D eigenvalue weighted by atomic mass is 35.5. The molecule has 1 amide bonds. The highest BCUT2D eigenvalue weighted by molar-refractivity contribution is 7.21. The maximum absolute atomic E-state index is 12.2. The van der Waals surface area contributed by atoms with Crippen molar-refractivity contribution in [2.75, 3.05) is 13.6 Å². The van der Waals surface area contributed by atoms with Crippen LogP contribution in [0.5, 0.6) is 0 Å². The molecule has 3 nitrogen and oxygen atoms in total. The van der Waals surface area contributed by atoms with Crippen LogP contribution >= 0.6 is 22.9 Å². The molecule has 0 atom stereocenters. The second-order valence-electron chi connectivity index (χ2n) is 3.88. The van der Waals surface area contributed by atoms with Crippen molar-refractivity contribution in [1.29, 1.82) is 5.26 Å². The summed E-state index contributed by atoms with van der Waals surface area (Å²) in [4.78, 5) is 14.3. The molecule has 0 saturated carbocycles. The maximum Gasteiger partial charge on any atom is 0.265 e. The van der Waals surface area contributed by atoms with Crippen molar-refractivity contribution in [3.8, 4) is 6.07 Å². The summed E-state index contributed by atoms with van der Waals surface area (Å²) in [5, 5.41) is 9.93. The summed E-state index contributed by atoms with van der Waals surface area (Å²) in [5.41, 5.74) is 0. The zero-order valence-corrected chi connectivity index (χ0v) is 11.4. The third-order valence-corrected chi connectivity index (χ3v) is 4.30. The number of hydrogen-bond donors (Lipinski definition) is 0. The van der Waals surface area contributed by atoms with Gasteiger partial charge in [-0.05, 0) is 6.07 Å². The van der Waals surface area contributed by atoms with Gasteiger partial charge in [0.25, 0.3) is 5.91 Å². The molecule has 0 bridgehead atoms. The fraction of sp³-hybridized carbons (Fsp3) is 0.231. The number of benzene rings is 1. The van der Waals surface area contributed by atoms with Crippen molar-refractivity contribution in [3.63, 3.8) is 0 Å². The molecule has 0 aliphatic carbocycles. The molecule has 5 heteroatoms. The van der Waals surface area contributed by atoms with Crippen LogP contribution in [0, 0.1) is 11.3 Å². The van der Waals surface area contributed by atoms with E-state index in [2.05, 4.69) is 0 Å². The van der Waals surface area contributed by atoms with Crippen LogP contribution in [-0.4, -0.2) is 24.4 Å². The molecule has 0 fully saturated rings. The number of hydrogen-bond acceptors (Lipinski definition) is 3. The number of carbonyl (C=O) groups is 1. The number of amides is 1. The van der Waals surface area contributed by atoms with E-state index in [0.717, 1.165) is 10.1 Å². The number of halogens is 1. The quantitative estimate of drug-likeness (QED) is 0.862. The molecule has 18 heavy (non-hydrogen) atoms. The fourth-order valence-corrected chi connectivity index (χ4v) is 3.15. The lowest BCUT2D eigenvalue weighted by molar-refractivity contribution is 0.0803. The molecule has 0 aliphatic rings. The van der Waals surface area contributed by atoms with Gasteiger partial charge < -0.3 is 4.90 Å². The van der Waals surface area contributed by atoms with E-state index in [-0.39, 0.29) is 5.91 Å². The van der Waals surface area contributed by atoms with Gasteiger partial charge in [0.1, 0.15) is 4.88 Å². The van der Waals surface area contributed by atoms with E-state index >= 15 is 0 Å². The van der Waals surface area contributed by atoms with Crippen LogP contribution < -0.4 is 0 Å². The fourth-order valence-electron chi connectivity index (χ4n) is 1.64. The number of nitriles is 1. The average Bonchev–Trinajstić information content (AvgIpc) is 2.73. The lowest BCUT2D eigenvalue weighted by atomic mass is 10.2. The Morgan fingerprint density at radius 3 is 2.89 bits per heavy atom. The molecule has 2 rings (SSSR count). The Morgan fingerprint density at radius 2 is 2.22 bits per heavy atom. The van der Waals surface area contributed by atoms with Gasteiger partial charge in [0.05, 0.1) is 17.5 Å². The number of carbonyl (C=O) groups excluding carboxylic acids is 1. The smallest absolute Gasteiger partial charge is 0.265 e. The highest BCUT2D eigenvalue weighted by Gasteiger charge is 2.19. The molecule has 1 heterocycles. The van der Waals surface area contributed by atoms with Gasteiger partial charge in [-0.25, -0.2) is 0 Å². The Kier molecular flexibility index (Phi) is 3.85. The molecule has 0 radical (unpaired) electrons. The van der Waals surface area contributed by atoms with Gasteiger partial charge in [0, 0.05) is 23.7 Å². The molecule has 0 unspecified atom stereocenters. The Balaban J connectivity index is 2.34. The molecular weight excluding hydrogens is 268 g/mol. The minimum Gasteiger partial charge on any atom is -0.340 e. The molecule has 0 N–H and O–H groups in total. The minimum absolute atomic E-state index is 0.128. The minimum atomic E-state index is -0.128. The van der Waals surface area contributed by atoms with E-state index in [0.29, 0.717) is 22.9 Å². The largest absolute Gasteiger partial charge is 0.340 e. The first kappa shape index (κ1) is 12.9. The Labute approximate surface area is 114 Å². The summed E-state index contributed by atoms with van der Waals surface area (Å²) in [6.07, 6.45) is 0.324. The Hall–Kier alpha value is -1.57. The molecule has 2 aromatic rings. The van der Waals surface area contributed by atoms with Gasteiger partial charge in [0.15, 0.2) is 0 Å². The monoisotopic (exact) mass is 278 g/mol. The van der Waals surface area contributed by atoms with Crippen LogP contribution in [0.25, 0.3) is 10.1 Å². The lowest BCUT2D eigenvalue weighted by Gasteiger charge is -2.14. The third kappa shape index (κ3) is 2.33. The van der Waals surface area contributed by atoms with Crippen molar-refractivity contribution in [3.05, 3.63) is 34.2 Å². The highest BCUT2D eigenvalue weighted by Crippen LogP contribution is 2.35. The summed E-state index contributed by atoms with van der Waals surface area (Å²) < 4.78 is 1.000. The molecule has 0 aliphatic heterocycles. The van der Waals surface area contributed by atoms with Crippen molar-refractivity contribution < 1.29 is 4.79 Å². The van der Waals surface area contributed by atoms with Crippen molar-refractivity contribution in [2.24, 2.45) is 0 Å². The van der Waals surface area contributed by atoms with Gasteiger partial charge in [0.2, 0.25) is 0 Å². The number of fused-ring (bicyclic) bond motifs is 1. The van der Waals surface area contributed by atoms with E-state index in [1.165, 1.54) is 16.2 Å². The van der Waals surface area contributed by atoms with E-state index in [1.807, 2.05) is 30.3 Å². The van der Waals surface area contributed by atoms with Crippen LogP contribution in [0.1, 0.15) is 16.1 Å². The summed E-state index contributed by atoms with van der Waals surface area (Å²) >= 11 is 7.62. The van der Waals surface area contributed by atoms with Crippen LogP contribution in [-0.2, 0) is 0 Å². The lowest BCUT2D eigenvalue weighted by Crippen LogP contribution is -2.26. The first-order valence-electron chi connectivity index (χ1n) is 5.44. The molecule has 0 saturated heterocycles. The van der Waals surface area contributed by atoms with E-state index < -0.39 is 0 Å². The van der Waals surface area contributed by atoms with Gasteiger partial charge in [-0.3, -0.25) is 4.79 Å². The van der Waals surface area contributed by atoms with E-state index in [4.69, 9.17) is 16.9 Å². The normalized spacial score (nSPS) is 10.3. The Bertz CT molecular complexity index is 629. The van der Waals surface area contributed by atoms with Crippen molar-refractivity contribution >= 4 is 38.9 Å². The average molecular weight is 279 g/mol. The van der Waals surface area contributed by atoms with Crippen LogP contribution in [0.15, 0.2) is 24.3 Å². The topological polar surface area (TPSA) is 44.1 Å². The molecular formula is C13H11ClN2OS. The predicted molar refractivity (Wildman–Crippen MR) is 74.0 cm³/mol.